The number of rotatable bonds is 14. The lowest BCUT2D eigenvalue weighted by Gasteiger charge is -2.17. The van der Waals surface area contributed by atoms with Crippen molar-refractivity contribution in [2.75, 3.05) is 52.5 Å². The Balaban J connectivity index is 0.00000481. The van der Waals surface area contributed by atoms with Crippen LogP contribution in [0, 0.1) is 13.8 Å². The van der Waals surface area contributed by atoms with Crippen LogP contribution in [0.25, 0.3) is 21.9 Å². The molecule has 0 spiro atoms. The second-order valence-electron chi connectivity index (χ2n) is 8.94. The van der Waals surface area contributed by atoms with Crippen LogP contribution in [0.5, 0.6) is 0 Å². The van der Waals surface area contributed by atoms with Gasteiger partial charge in [-0.3, -0.25) is 0 Å². The van der Waals surface area contributed by atoms with Crippen LogP contribution in [0.2, 0.25) is 0 Å². The molecule has 0 aliphatic heterocycles. The van der Waals surface area contributed by atoms with Crippen molar-refractivity contribution in [3.8, 4) is 0 Å². The van der Waals surface area contributed by atoms with E-state index in [1.54, 1.807) is 26.0 Å². The first-order valence-electron chi connectivity index (χ1n) is 13.1. The second kappa shape index (κ2) is 14.4. The van der Waals surface area contributed by atoms with Crippen LogP contribution in [0.3, 0.4) is 0 Å². The van der Waals surface area contributed by atoms with Gasteiger partial charge in [0.2, 0.25) is 0 Å². The van der Waals surface area contributed by atoms with E-state index in [0.717, 1.165) is 52.1 Å². The third-order valence-corrected chi connectivity index (χ3v) is 6.75. The number of benzene rings is 1. The Labute approximate surface area is 225 Å². The maximum Gasteiger partial charge on any atom is 0.342 e. The SMILES string of the molecule is CCN(CC)CCCOC(=O)c1c(C)oc2cc3c(C(=O)OCCCN(CC)CC)c(C)oc3cc12.Cl. The summed E-state index contributed by atoms with van der Waals surface area (Å²) >= 11 is 0. The maximum atomic E-state index is 12.9. The van der Waals surface area contributed by atoms with Crippen molar-refractivity contribution < 1.29 is 27.9 Å². The van der Waals surface area contributed by atoms with Gasteiger partial charge in [0.05, 0.1) is 13.2 Å². The Morgan fingerprint density at radius 2 is 1.05 bits per heavy atom. The molecule has 3 aromatic rings. The minimum absolute atomic E-state index is 0. The van der Waals surface area contributed by atoms with Crippen molar-refractivity contribution in [3.63, 3.8) is 0 Å². The highest BCUT2D eigenvalue weighted by Gasteiger charge is 2.25. The lowest BCUT2D eigenvalue weighted by atomic mass is 10.1. The molecule has 206 valence electrons. The molecule has 0 N–H and O–H groups in total. The van der Waals surface area contributed by atoms with Gasteiger partial charge in [-0.15, -0.1) is 12.4 Å². The molecule has 0 bridgehead atoms. The molecule has 0 fully saturated rings. The van der Waals surface area contributed by atoms with Gasteiger partial charge in [-0.2, -0.15) is 0 Å². The van der Waals surface area contributed by atoms with E-state index in [9.17, 15) is 9.59 Å². The van der Waals surface area contributed by atoms with E-state index in [1.165, 1.54) is 0 Å². The monoisotopic (exact) mass is 536 g/mol. The first-order chi connectivity index (χ1) is 17.3. The summed E-state index contributed by atoms with van der Waals surface area (Å²) in [7, 11) is 0. The predicted molar refractivity (Wildman–Crippen MR) is 148 cm³/mol. The Bertz CT molecular complexity index is 1080. The fourth-order valence-corrected chi connectivity index (χ4v) is 4.57. The molecule has 2 heterocycles. The van der Waals surface area contributed by atoms with Gasteiger partial charge in [-0.1, -0.05) is 27.7 Å². The molecule has 1 aromatic carbocycles. The highest BCUT2D eigenvalue weighted by atomic mass is 35.5. The molecule has 0 saturated carbocycles. The number of nitrogens with zero attached hydrogens (tertiary/aromatic N) is 2. The van der Waals surface area contributed by atoms with Gasteiger partial charge in [0.15, 0.2) is 0 Å². The van der Waals surface area contributed by atoms with Crippen molar-refractivity contribution in [3.05, 3.63) is 34.8 Å². The number of hydrogen-bond donors (Lipinski definition) is 0. The summed E-state index contributed by atoms with van der Waals surface area (Å²) in [5.41, 5.74) is 1.80. The Hall–Kier alpha value is -2.55. The highest BCUT2D eigenvalue weighted by molar-refractivity contribution is 6.12. The van der Waals surface area contributed by atoms with Crippen LogP contribution in [0.1, 0.15) is 72.8 Å². The summed E-state index contributed by atoms with van der Waals surface area (Å²) in [6, 6.07) is 3.50. The van der Waals surface area contributed by atoms with Gasteiger partial charge in [-0.05, 0) is 65.0 Å². The normalized spacial score (nSPS) is 11.5. The number of carbonyl (C=O) groups is 2. The van der Waals surface area contributed by atoms with Gasteiger partial charge in [-0.25, -0.2) is 9.59 Å². The molecule has 0 atom stereocenters. The van der Waals surface area contributed by atoms with E-state index in [2.05, 4.69) is 37.5 Å². The predicted octanol–water partition coefficient (Wildman–Crippen LogP) is 6.00. The van der Waals surface area contributed by atoms with Crippen molar-refractivity contribution in [2.45, 2.75) is 54.4 Å². The van der Waals surface area contributed by atoms with E-state index in [4.69, 9.17) is 18.3 Å². The van der Waals surface area contributed by atoms with Crippen LogP contribution in [-0.4, -0.2) is 74.2 Å². The molecular weight excluding hydrogens is 496 g/mol. The van der Waals surface area contributed by atoms with Gasteiger partial charge in [0.25, 0.3) is 0 Å². The minimum Gasteiger partial charge on any atom is -0.462 e. The molecule has 0 saturated heterocycles. The highest BCUT2D eigenvalue weighted by Crippen LogP contribution is 2.34. The van der Waals surface area contributed by atoms with Crippen LogP contribution in [0.4, 0.5) is 0 Å². The smallest absolute Gasteiger partial charge is 0.342 e. The summed E-state index contributed by atoms with van der Waals surface area (Å²) in [5.74, 6) is 0.120. The zero-order chi connectivity index (χ0) is 26.2. The number of esters is 2. The fraction of sp³-hybridized carbons (Fsp3) is 0.571. The van der Waals surface area contributed by atoms with Gasteiger partial charge in [0.1, 0.15) is 33.8 Å². The molecule has 0 radical (unpaired) electrons. The van der Waals surface area contributed by atoms with Crippen molar-refractivity contribution in [1.82, 2.24) is 9.80 Å². The van der Waals surface area contributed by atoms with Gasteiger partial charge < -0.3 is 28.1 Å². The fourth-order valence-electron chi connectivity index (χ4n) is 4.57. The summed E-state index contributed by atoms with van der Waals surface area (Å²) < 4.78 is 22.9. The molecule has 3 rings (SSSR count). The van der Waals surface area contributed by atoms with Crippen molar-refractivity contribution in [1.29, 1.82) is 0 Å². The van der Waals surface area contributed by atoms with Crippen LogP contribution >= 0.6 is 12.4 Å². The molecule has 2 aromatic heterocycles. The molecule has 0 amide bonds. The van der Waals surface area contributed by atoms with E-state index in [1.807, 2.05) is 0 Å². The first kappa shape index (κ1) is 30.7. The molecular formula is C28H41ClN2O6. The van der Waals surface area contributed by atoms with Crippen LogP contribution in [0.15, 0.2) is 21.0 Å². The van der Waals surface area contributed by atoms with E-state index < -0.39 is 11.9 Å². The van der Waals surface area contributed by atoms with E-state index >= 15 is 0 Å². The molecule has 37 heavy (non-hydrogen) atoms. The zero-order valence-electron chi connectivity index (χ0n) is 23.0. The van der Waals surface area contributed by atoms with Gasteiger partial charge in [0, 0.05) is 23.9 Å². The van der Waals surface area contributed by atoms with Crippen molar-refractivity contribution in [2.24, 2.45) is 0 Å². The summed E-state index contributed by atoms with van der Waals surface area (Å²) in [4.78, 5) is 30.3. The average molecular weight is 537 g/mol. The lowest BCUT2D eigenvalue weighted by molar-refractivity contribution is 0.0480. The standard InChI is InChI=1S/C28H40N2O6.ClH/c1-7-29(8-2)13-11-15-33-27(31)25-19(5)35-23-18-22-24(17-21(23)25)36-20(6)26(22)28(32)34-16-12-14-30(9-3)10-4;/h17-18H,7-16H2,1-6H3;1H. The lowest BCUT2D eigenvalue weighted by Crippen LogP contribution is -2.25. The molecule has 0 unspecified atom stereocenters. The zero-order valence-corrected chi connectivity index (χ0v) is 23.8. The number of hydrogen-bond acceptors (Lipinski definition) is 8. The quantitative estimate of drug-likeness (QED) is 0.183. The topological polar surface area (TPSA) is 85.4 Å². The second-order valence-corrected chi connectivity index (χ2v) is 8.94. The summed E-state index contributed by atoms with van der Waals surface area (Å²) in [5, 5.41) is 1.23. The summed E-state index contributed by atoms with van der Waals surface area (Å²) in [6.07, 6.45) is 1.54. The number of aryl methyl sites for hydroxylation is 2. The summed E-state index contributed by atoms with van der Waals surface area (Å²) in [6.45, 7) is 18.3. The molecule has 8 nitrogen and oxygen atoms in total. The van der Waals surface area contributed by atoms with Crippen molar-refractivity contribution >= 4 is 46.3 Å². The number of furan rings is 2. The minimum atomic E-state index is -0.415. The van der Waals surface area contributed by atoms with Crippen LogP contribution < -0.4 is 0 Å². The number of fused-ring (bicyclic) bond motifs is 2. The van der Waals surface area contributed by atoms with Crippen LogP contribution in [-0.2, 0) is 9.47 Å². The third kappa shape index (κ3) is 7.27. The number of ether oxygens (including phenoxy) is 2. The average Bonchev–Trinajstić information content (AvgIpc) is 3.36. The Morgan fingerprint density at radius 3 is 1.38 bits per heavy atom. The maximum absolute atomic E-state index is 12.9. The Morgan fingerprint density at radius 1 is 0.703 bits per heavy atom. The molecule has 0 aliphatic carbocycles. The first-order valence-corrected chi connectivity index (χ1v) is 13.1. The number of halogens is 1. The van der Waals surface area contributed by atoms with E-state index in [0.29, 0.717) is 57.8 Å². The Kier molecular flexibility index (Phi) is 11.9. The largest absolute Gasteiger partial charge is 0.462 e. The van der Waals surface area contributed by atoms with Gasteiger partial charge >= 0.3 is 11.9 Å². The number of carbonyl (C=O) groups excluding carboxylic acids is 2. The van der Waals surface area contributed by atoms with E-state index in [-0.39, 0.29) is 12.4 Å². The molecule has 0 aliphatic rings. The molecule has 9 heteroatoms. The third-order valence-electron chi connectivity index (χ3n) is 6.75.